The SMILES string of the molecule is CC(=O)N[C@H]1[C@H](OCCOP(=O)([O-])OCCCOCC(C)(C)C)O[C@H](CO)[C@H](O)[C@@H]1O. The molecule has 1 saturated heterocycles. The summed E-state index contributed by atoms with van der Waals surface area (Å²) in [6.45, 7) is 6.79. The number of hydrogen-bond acceptors (Lipinski definition) is 11. The van der Waals surface area contributed by atoms with Crippen molar-refractivity contribution in [3.63, 3.8) is 0 Å². The fraction of sp³-hybridized carbons (Fsp3) is 0.944. The molecule has 31 heavy (non-hydrogen) atoms. The predicted octanol–water partition coefficient (Wildman–Crippen LogP) is -1.10. The average Bonchev–Trinajstić information content (AvgIpc) is 2.65. The van der Waals surface area contributed by atoms with Crippen LogP contribution in [-0.2, 0) is 32.6 Å². The van der Waals surface area contributed by atoms with Crippen LogP contribution in [0.1, 0.15) is 34.1 Å². The maximum absolute atomic E-state index is 11.8. The van der Waals surface area contributed by atoms with Gasteiger partial charge in [-0.05, 0) is 11.8 Å². The van der Waals surface area contributed by atoms with Gasteiger partial charge in [0.15, 0.2) is 6.29 Å². The summed E-state index contributed by atoms with van der Waals surface area (Å²) in [4.78, 5) is 23.1. The molecule has 1 amide bonds. The Morgan fingerprint density at radius 1 is 1.13 bits per heavy atom. The van der Waals surface area contributed by atoms with Gasteiger partial charge in [-0.2, -0.15) is 0 Å². The topological polar surface area (TPSA) is 176 Å². The average molecular weight is 472 g/mol. The van der Waals surface area contributed by atoms with Crippen LogP contribution in [0.25, 0.3) is 0 Å². The van der Waals surface area contributed by atoms with Crippen molar-refractivity contribution in [3.05, 3.63) is 0 Å². The van der Waals surface area contributed by atoms with Crippen molar-refractivity contribution < 1.29 is 52.8 Å². The van der Waals surface area contributed by atoms with E-state index in [1.54, 1.807) is 0 Å². The number of aliphatic hydroxyl groups is 3. The molecule has 1 aliphatic rings. The van der Waals surface area contributed by atoms with Gasteiger partial charge in [0.2, 0.25) is 5.91 Å². The molecule has 12 nitrogen and oxygen atoms in total. The van der Waals surface area contributed by atoms with E-state index in [2.05, 4.69) is 5.32 Å². The highest BCUT2D eigenvalue weighted by Crippen LogP contribution is 2.38. The molecular formula is C18H35NO11P-. The van der Waals surface area contributed by atoms with Crippen molar-refractivity contribution in [3.8, 4) is 0 Å². The van der Waals surface area contributed by atoms with E-state index in [1.807, 2.05) is 20.8 Å². The van der Waals surface area contributed by atoms with Crippen LogP contribution >= 0.6 is 7.82 Å². The molecule has 0 aliphatic carbocycles. The van der Waals surface area contributed by atoms with Gasteiger partial charge in [0.05, 0.1) is 33.0 Å². The quantitative estimate of drug-likeness (QED) is 0.189. The lowest BCUT2D eigenvalue weighted by atomic mass is 9.97. The molecule has 1 fully saturated rings. The Morgan fingerprint density at radius 3 is 2.35 bits per heavy atom. The fourth-order valence-electron chi connectivity index (χ4n) is 2.68. The minimum absolute atomic E-state index is 0.0180. The first-order chi connectivity index (χ1) is 14.4. The van der Waals surface area contributed by atoms with Crippen LogP contribution in [0.3, 0.4) is 0 Å². The number of phosphoric ester groups is 1. The molecule has 1 rings (SSSR count). The van der Waals surface area contributed by atoms with Gasteiger partial charge in [0, 0.05) is 13.5 Å². The number of amides is 1. The molecule has 6 atom stereocenters. The van der Waals surface area contributed by atoms with Crippen molar-refractivity contribution in [1.82, 2.24) is 5.32 Å². The molecule has 13 heteroatoms. The maximum Gasteiger partial charge on any atom is 0.267 e. The number of carbonyl (C=O) groups is 1. The molecule has 4 N–H and O–H groups in total. The van der Waals surface area contributed by atoms with E-state index in [-0.39, 0.29) is 18.6 Å². The van der Waals surface area contributed by atoms with Crippen LogP contribution in [-0.4, -0.2) is 91.5 Å². The molecule has 0 bridgehead atoms. The van der Waals surface area contributed by atoms with Gasteiger partial charge in [-0.15, -0.1) is 0 Å². The number of carbonyl (C=O) groups excluding carboxylic acids is 1. The van der Waals surface area contributed by atoms with E-state index in [0.29, 0.717) is 19.6 Å². The summed E-state index contributed by atoms with van der Waals surface area (Å²) in [5, 5.41) is 31.7. The van der Waals surface area contributed by atoms with Crippen molar-refractivity contribution in [2.45, 2.75) is 64.8 Å². The first-order valence-electron chi connectivity index (χ1n) is 10.1. The molecule has 0 spiro atoms. The Bertz CT molecular complexity index is 585. The normalized spacial score (nSPS) is 28.8. The lowest BCUT2D eigenvalue weighted by molar-refractivity contribution is -0.273. The minimum atomic E-state index is -4.55. The van der Waals surface area contributed by atoms with Crippen molar-refractivity contribution in [1.29, 1.82) is 0 Å². The van der Waals surface area contributed by atoms with E-state index in [9.17, 15) is 29.6 Å². The third kappa shape index (κ3) is 11.2. The molecule has 0 saturated carbocycles. The van der Waals surface area contributed by atoms with Crippen LogP contribution in [0.2, 0.25) is 0 Å². The van der Waals surface area contributed by atoms with Crippen LogP contribution in [0.15, 0.2) is 0 Å². The van der Waals surface area contributed by atoms with Gasteiger partial charge >= 0.3 is 0 Å². The summed E-state index contributed by atoms with van der Waals surface area (Å²) in [7, 11) is -4.55. The smallest absolute Gasteiger partial charge is 0.267 e. The standard InChI is InChI=1S/C18H36NO11P/c1-12(21)19-14-16(23)15(22)13(10-20)30-17(14)27-8-9-29-31(24,25)28-7-5-6-26-11-18(2,3)4/h13-17,20,22-23H,5-11H2,1-4H3,(H,19,21)(H,24,25)/p-1/t13-,14-,15+,16-,17-/m1/s1. The Hall–Kier alpha value is -0.660. The lowest BCUT2D eigenvalue weighted by Crippen LogP contribution is -2.64. The molecule has 1 unspecified atom stereocenters. The maximum atomic E-state index is 11.8. The summed E-state index contributed by atoms with van der Waals surface area (Å²) < 4.78 is 37.3. The molecular weight excluding hydrogens is 437 g/mol. The summed E-state index contributed by atoms with van der Waals surface area (Å²) in [6.07, 6.45) is -4.91. The first kappa shape index (κ1) is 28.4. The Morgan fingerprint density at radius 2 is 1.77 bits per heavy atom. The zero-order chi connectivity index (χ0) is 23.7. The third-order valence-electron chi connectivity index (χ3n) is 4.08. The number of phosphoric acid groups is 1. The summed E-state index contributed by atoms with van der Waals surface area (Å²) >= 11 is 0. The second-order valence-corrected chi connectivity index (χ2v) is 9.80. The van der Waals surface area contributed by atoms with Gasteiger partial charge in [-0.25, -0.2) is 0 Å². The lowest BCUT2D eigenvalue weighted by Gasteiger charge is -2.42. The number of hydrogen-bond donors (Lipinski definition) is 4. The van der Waals surface area contributed by atoms with Crippen LogP contribution in [0.5, 0.6) is 0 Å². The molecule has 1 aliphatic heterocycles. The number of aliphatic hydroxyl groups excluding tert-OH is 3. The third-order valence-corrected chi connectivity index (χ3v) is 5.08. The fourth-order valence-corrected chi connectivity index (χ4v) is 3.40. The zero-order valence-electron chi connectivity index (χ0n) is 18.4. The van der Waals surface area contributed by atoms with Crippen molar-refractivity contribution in [2.75, 3.05) is 39.6 Å². The van der Waals surface area contributed by atoms with E-state index in [4.69, 9.17) is 23.3 Å². The molecule has 1 heterocycles. The Labute approximate surface area is 182 Å². The van der Waals surface area contributed by atoms with Gasteiger partial charge in [0.1, 0.15) is 24.4 Å². The Kier molecular flexibility index (Phi) is 12.0. The predicted molar refractivity (Wildman–Crippen MR) is 106 cm³/mol. The van der Waals surface area contributed by atoms with E-state index in [0.717, 1.165) is 0 Å². The molecule has 0 aromatic heterocycles. The molecule has 0 aromatic rings. The van der Waals surface area contributed by atoms with Gasteiger partial charge < -0.3 is 48.8 Å². The summed E-state index contributed by atoms with van der Waals surface area (Å²) in [6, 6.07) is -1.13. The van der Waals surface area contributed by atoms with E-state index in [1.165, 1.54) is 6.92 Å². The number of ether oxygens (including phenoxy) is 3. The molecule has 184 valence electrons. The monoisotopic (exact) mass is 472 g/mol. The van der Waals surface area contributed by atoms with Gasteiger partial charge in [-0.3, -0.25) is 9.36 Å². The van der Waals surface area contributed by atoms with Crippen molar-refractivity contribution in [2.24, 2.45) is 5.41 Å². The number of nitrogens with one attached hydrogen (secondary N) is 1. The second-order valence-electron chi connectivity index (χ2n) is 8.38. The van der Waals surface area contributed by atoms with Crippen LogP contribution in [0, 0.1) is 5.41 Å². The van der Waals surface area contributed by atoms with Crippen LogP contribution in [0.4, 0.5) is 0 Å². The highest BCUT2D eigenvalue weighted by atomic mass is 31.2. The summed E-state index contributed by atoms with van der Waals surface area (Å²) in [5.41, 5.74) is 0.0180. The Balaban J connectivity index is 2.37. The first-order valence-corrected chi connectivity index (χ1v) is 11.5. The molecule has 0 radical (unpaired) electrons. The minimum Gasteiger partial charge on any atom is -0.756 e. The van der Waals surface area contributed by atoms with Gasteiger partial charge in [0.25, 0.3) is 7.82 Å². The second kappa shape index (κ2) is 13.1. The van der Waals surface area contributed by atoms with Gasteiger partial charge in [-0.1, -0.05) is 20.8 Å². The molecule has 0 aromatic carbocycles. The van der Waals surface area contributed by atoms with E-state index >= 15 is 0 Å². The highest BCUT2D eigenvalue weighted by Gasteiger charge is 2.45. The number of rotatable bonds is 13. The summed E-state index contributed by atoms with van der Waals surface area (Å²) in [5.74, 6) is -0.504. The van der Waals surface area contributed by atoms with E-state index < -0.39 is 57.6 Å². The highest BCUT2D eigenvalue weighted by molar-refractivity contribution is 7.45. The van der Waals surface area contributed by atoms with Crippen molar-refractivity contribution >= 4 is 13.7 Å². The zero-order valence-corrected chi connectivity index (χ0v) is 19.3. The largest absolute Gasteiger partial charge is 0.756 e. The van der Waals surface area contributed by atoms with Crippen LogP contribution < -0.4 is 10.2 Å².